The Morgan fingerprint density at radius 2 is 1.43 bits per heavy atom. The van der Waals surface area contributed by atoms with E-state index in [2.05, 4.69) is 64.5 Å². The molecule has 7 nitrogen and oxygen atoms in total. The summed E-state index contributed by atoms with van der Waals surface area (Å²) in [5, 5.41) is 0. The van der Waals surface area contributed by atoms with Gasteiger partial charge >= 0.3 is 10.1 Å². The molecule has 2 aliphatic carbocycles. The number of ether oxygens (including phenoxy) is 1. The molecule has 0 radical (unpaired) electrons. The standard InChI is InChI=1S/C34H39Br2NO6S/c1-20-8-10-22(11-9-20)44(40,41)43-32-23(14-21(35)15-24(32)36)29-30-25(16-33(2,3)18-27(30)38)37(12-7-13-42-6)26-17-34(4,5)19-28(39)31(26)29/h8-11,14-15,29H,7,12-13,16-19H2,1-6H3. The van der Waals surface area contributed by atoms with Crippen LogP contribution in [0.1, 0.15) is 76.8 Å². The highest BCUT2D eigenvalue weighted by Gasteiger charge is 2.50. The fourth-order valence-corrected chi connectivity index (χ4v) is 9.16. The van der Waals surface area contributed by atoms with Gasteiger partial charge in [0, 0.05) is 71.6 Å². The van der Waals surface area contributed by atoms with Crippen molar-refractivity contribution in [2.75, 3.05) is 20.3 Å². The van der Waals surface area contributed by atoms with E-state index in [9.17, 15) is 18.0 Å². The maximum atomic E-state index is 14.2. The average molecular weight is 750 g/mol. The molecule has 236 valence electrons. The highest BCUT2D eigenvalue weighted by molar-refractivity contribution is 9.11. The van der Waals surface area contributed by atoms with Gasteiger partial charge in [-0.1, -0.05) is 61.3 Å². The van der Waals surface area contributed by atoms with Crippen molar-refractivity contribution in [3.8, 4) is 5.75 Å². The minimum Gasteiger partial charge on any atom is -0.385 e. The van der Waals surface area contributed by atoms with Crippen LogP contribution < -0.4 is 4.18 Å². The summed E-state index contributed by atoms with van der Waals surface area (Å²) in [6.07, 6.45) is 2.67. The predicted octanol–water partition coefficient (Wildman–Crippen LogP) is 8.01. The summed E-state index contributed by atoms with van der Waals surface area (Å²) in [4.78, 5) is 30.6. The van der Waals surface area contributed by atoms with Crippen LogP contribution in [-0.4, -0.2) is 45.1 Å². The Morgan fingerprint density at radius 1 is 0.886 bits per heavy atom. The van der Waals surface area contributed by atoms with Crippen molar-refractivity contribution >= 4 is 53.5 Å². The second kappa shape index (κ2) is 12.2. The molecule has 0 fully saturated rings. The Morgan fingerprint density at radius 3 is 1.95 bits per heavy atom. The van der Waals surface area contributed by atoms with Crippen molar-refractivity contribution < 1.29 is 26.9 Å². The number of ketones is 2. The topological polar surface area (TPSA) is 90.0 Å². The summed E-state index contributed by atoms with van der Waals surface area (Å²) >= 11 is 7.13. The molecule has 0 amide bonds. The van der Waals surface area contributed by atoms with E-state index in [-0.39, 0.29) is 33.0 Å². The number of allylic oxidation sites excluding steroid dienone is 4. The minimum atomic E-state index is -4.25. The lowest BCUT2D eigenvalue weighted by molar-refractivity contribution is -0.119. The van der Waals surface area contributed by atoms with Gasteiger partial charge in [-0.25, -0.2) is 0 Å². The smallest absolute Gasteiger partial charge is 0.339 e. The molecule has 0 bridgehead atoms. The molecule has 0 spiro atoms. The number of benzene rings is 2. The van der Waals surface area contributed by atoms with Crippen molar-refractivity contribution in [3.05, 3.63) is 79.0 Å². The van der Waals surface area contributed by atoms with E-state index in [0.717, 1.165) is 23.4 Å². The van der Waals surface area contributed by atoms with Gasteiger partial charge in [-0.2, -0.15) is 8.42 Å². The largest absolute Gasteiger partial charge is 0.385 e. The van der Waals surface area contributed by atoms with Crippen LogP contribution in [0.15, 0.2) is 72.8 Å². The maximum Gasteiger partial charge on any atom is 0.339 e. The van der Waals surface area contributed by atoms with Gasteiger partial charge < -0.3 is 13.8 Å². The number of methoxy groups -OCH3 is 1. The molecular formula is C34H39Br2NO6S. The monoisotopic (exact) mass is 747 g/mol. The minimum absolute atomic E-state index is 0.0163. The third-order valence-electron chi connectivity index (χ3n) is 8.60. The maximum absolute atomic E-state index is 14.2. The van der Waals surface area contributed by atoms with E-state index in [1.807, 2.05) is 6.92 Å². The van der Waals surface area contributed by atoms with Gasteiger partial charge in [0.25, 0.3) is 0 Å². The number of hydrogen-bond donors (Lipinski definition) is 0. The zero-order chi connectivity index (χ0) is 32.2. The number of carbonyl (C=O) groups is 2. The first-order chi connectivity index (χ1) is 20.5. The summed E-state index contributed by atoms with van der Waals surface area (Å²) in [5.74, 6) is -0.778. The van der Waals surface area contributed by atoms with Gasteiger partial charge in [0.05, 0.1) is 4.47 Å². The van der Waals surface area contributed by atoms with E-state index >= 15 is 0 Å². The number of halogens is 2. The third kappa shape index (κ3) is 6.50. The molecule has 5 rings (SSSR count). The summed E-state index contributed by atoms with van der Waals surface area (Å²) in [6.45, 7) is 11.4. The number of Topliss-reactive ketones (excluding diaryl/α,β-unsaturated/α-hetero) is 2. The van der Waals surface area contributed by atoms with E-state index in [1.54, 1.807) is 31.4 Å². The fourth-order valence-electron chi connectivity index (χ4n) is 6.74. The van der Waals surface area contributed by atoms with Crippen LogP contribution in [0.3, 0.4) is 0 Å². The van der Waals surface area contributed by atoms with E-state index in [1.165, 1.54) is 12.1 Å². The molecule has 1 aliphatic heterocycles. The molecule has 1 heterocycles. The molecular weight excluding hydrogens is 710 g/mol. The predicted molar refractivity (Wildman–Crippen MR) is 177 cm³/mol. The Bertz CT molecular complexity index is 1630. The first-order valence-electron chi connectivity index (χ1n) is 14.8. The lowest BCUT2D eigenvalue weighted by Gasteiger charge is -2.49. The van der Waals surface area contributed by atoms with Gasteiger partial charge in [0.1, 0.15) is 4.90 Å². The second-order valence-corrected chi connectivity index (χ2v) is 17.0. The quantitative estimate of drug-likeness (QED) is 0.200. The average Bonchev–Trinajstić information content (AvgIpc) is 2.89. The zero-order valence-electron chi connectivity index (χ0n) is 26.1. The van der Waals surface area contributed by atoms with Crippen LogP contribution in [0, 0.1) is 17.8 Å². The molecule has 44 heavy (non-hydrogen) atoms. The van der Waals surface area contributed by atoms with E-state index in [0.29, 0.717) is 64.5 Å². The summed E-state index contributed by atoms with van der Waals surface area (Å²) < 4.78 is 39.6. The van der Waals surface area contributed by atoms with Crippen LogP contribution in [0.5, 0.6) is 5.75 Å². The van der Waals surface area contributed by atoms with Crippen LogP contribution in [0.4, 0.5) is 0 Å². The number of rotatable bonds is 8. The molecule has 0 saturated carbocycles. The van der Waals surface area contributed by atoms with Crippen molar-refractivity contribution in [1.82, 2.24) is 4.90 Å². The van der Waals surface area contributed by atoms with E-state index < -0.39 is 16.0 Å². The number of nitrogens with zero attached hydrogens (tertiary/aromatic N) is 1. The van der Waals surface area contributed by atoms with Crippen molar-refractivity contribution in [3.63, 3.8) is 0 Å². The molecule has 0 aromatic heterocycles. The van der Waals surface area contributed by atoms with Crippen LogP contribution >= 0.6 is 31.9 Å². The molecule has 2 aromatic rings. The second-order valence-electron chi connectivity index (χ2n) is 13.7. The van der Waals surface area contributed by atoms with Gasteiger partial charge in [0.15, 0.2) is 17.3 Å². The molecule has 0 unspecified atom stereocenters. The molecule has 0 N–H and O–H groups in total. The van der Waals surface area contributed by atoms with Crippen LogP contribution in [0.25, 0.3) is 0 Å². The summed E-state index contributed by atoms with van der Waals surface area (Å²) in [6, 6.07) is 9.95. The fraction of sp³-hybridized carbons (Fsp3) is 0.471. The summed E-state index contributed by atoms with van der Waals surface area (Å²) in [5.41, 5.74) is 3.73. The molecule has 0 atom stereocenters. The number of hydrogen-bond acceptors (Lipinski definition) is 7. The molecule has 3 aliphatic rings. The lowest BCUT2D eigenvalue weighted by Crippen LogP contribution is -2.45. The van der Waals surface area contributed by atoms with Gasteiger partial charge in [-0.3, -0.25) is 9.59 Å². The molecule has 10 heteroatoms. The van der Waals surface area contributed by atoms with E-state index in [4.69, 9.17) is 8.92 Å². The normalized spacial score (nSPS) is 20.1. The highest BCUT2D eigenvalue weighted by Crippen LogP contribution is 2.56. The molecule has 0 saturated heterocycles. The van der Waals surface area contributed by atoms with Gasteiger partial charge in [-0.05, 0) is 77.2 Å². The van der Waals surface area contributed by atoms with Crippen LogP contribution in [0.2, 0.25) is 0 Å². The zero-order valence-corrected chi connectivity index (χ0v) is 30.0. The van der Waals surface area contributed by atoms with Gasteiger partial charge in [0.2, 0.25) is 0 Å². The van der Waals surface area contributed by atoms with Crippen molar-refractivity contribution in [2.45, 2.75) is 77.5 Å². The summed E-state index contributed by atoms with van der Waals surface area (Å²) in [7, 11) is -2.58. The number of carbonyl (C=O) groups excluding carboxylic acids is 2. The van der Waals surface area contributed by atoms with Crippen molar-refractivity contribution in [1.29, 1.82) is 0 Å². The Hall–Kier alpha value is -2.27. The Kier molecular flexibility index (Phi) is 9.14. The SMILES string of the molecule is COCCCN1C2=C(C(=O)CC(C)(C)C2)C(c2cc(Br)cc(Br)c2OS(=O)(=O)c2ccc(C)cc2)C2=C1CC(C)(C)CC2=O. The number of aryl methyl sites for hydroxylation is 1. The highest BCUT2D eigenvalue weighted by atomic mass is 79.9. The lowest BCUT2D eigenvalue weighted by atomic mass is 9.63. The first-order valence-corrected chi connectivity index (χ1v) is 17.8. The van der Waals surface area contributed by atoms with Crippen LogP contribution in [-0.2, 0) is 24.4 Å². The molecule has 2 aromatic carbocycles. The Balaban J connectivity index is 1.77. The Labute approximate surface area is 277 Å². The first kappa shape index (κ1) is 33.1. The third-order valence-corrected chi connectivity index (χ3v) is 10.9. The van der Waals surface area contributed by atoms with Crippen molar-refractivity contribution in [2.24, 2.45) is 10.8 Å². The van der Waals surface area contributed by atoms with Gasteiger partial charge in [-0.15, -0.1) is 0 Å².